The summed E-state index contributed by atoms with van der Waals surface area (Å²) >= 11 is 0. The molecule has 4 rings (SSSR count). The smallest absolute Gasteiger partial charge is 0.238 e. The summed E-state index contributed by atoms with van der Waals surface area (Å²) < 4.78 is 40.5. The van der Waals surface area contributed by atoms with Crippen molar-refractivity contribution < 1.29 is 22.6 Å². The molecular weight excluding hydrogens is 430 g/mol. The van der Waals surface area contributed by atoms with Gasteiger partial charge in [0.2, 0.25) is 10.0 Å². The van der Waals surface area contributed by atoms with Crippen LogP contribution in [0.4, 0.5) is 11.4 Å². The lowest BCUT2D eigenvalue weighted by atomic mass is 10.2. The zero-order valence-corrected chi connectivity index (χ0v) is 18.5. The molecular formula is C23H25N3O5S. The lowest BCUT2D eigenvalue weighted by molar-refractivity contribution is -0.0402. The van der Waals surface area contributed by atoms with Gasteiger partial charge in [0.15, 0.2) is 17.8 Å². The van der Waals surface area contributed by atoms with E-state index in [1.54, 1.807) is 31.6 Å². The number of nitrogens with zero attached hydrogens (tertiary/aromatic N) is 2. The first-order valence-corrected chi connectivity index (χ1v) is 11.7. The first-order chi connectivity index (χ1) is 15.4. The van der Waals surface area contributed by atoms with Crippen LogP contribution in [0.3, 0.4) is 0 Å². The molecule has 32 heavy (non-hydrogen) atoms. The average molecular weight is 456 g/mol. The summed E-state index contributed by atoms with van der Waals surface area (Å²) in [5.74, 6) is 1.18. The lowest BCUT2D eigenvalue weighted by Gasteiger charge is -2.26. The monoisotopic (exact) mass is 455 g/mol. The minimum atomic E-state index is -3.78. The van der Waals surface area contributed by atoms with E-state index in [4.69, 9.17) is 19.3 Å². The number of rotatable bonds is 8. The fourth-order valence-electron chi connectivity index (χ4n) is 3.53. The molecule has 0 amide bonds. The highest BCUT2D eigenvalue weighted by molar-refractivity contribution is 7.89. The molecule has 1 unspecified atom stereocenters. The van der Waals surface area contributed by atoms with E-state index in [9.17, 15) is 8.42 Å². The van der Waals surface area contributed by atoms with Crippen molar-refractivity contribution in [2.45, 2.75) is 30.6 Å². The van der Waals surface area contributed by atoms with E-state index in [1.165, 1.54) is 12.1 Å². The van der Waals surface area contributed by atoms with Gasteiger partial charge in [-0.05, 0) is 54.4 Å². The highest BCUT2D eigenvalue weighted by Gasteiger charge is 2.21. The number of methoxy groups -OCH3 is 1. The van der Waals surface area contributed by atoms with E-state index < -0.39 is 10.0 Å². The molecule has 2 heterocycles. The molecule has 1 aliphatic rings. The van der Waals surface area contributed by atoms with Crippen molar-refractivity contribution in [3.05, 3.63) is 72.6 Å². The topological polar surface area (TPSA) is 104 Å². The van der Waals surface area contributed by atoms with Crippen LogP contribution in [-0.2, 0) is 21.3 Å². The molecule has 0 aliphatic carbocycles. The summed E-state index contributed by atoms with van der Waals surface area (Å²) in [6.45, 7) is 1.18. The maximum absolute atomic E-state index is 11.7. The van der Waals surface area contributed by atoms with E-state index in [1.807, 2.05) is 35.2 Å². The largest absolute Gasteiger partial charge is 0.493 e. The Hall–Kier alpha value is -3.14. The van der Waals surface area contributed by atoms with Crippen LogP contribution in [0.2, 0.25) is 0 Å². The Bertz CT molecular complexity index is 1150. The molecule has 2 aromatic carbocycles. The van der Waals surface area contributed by atoms with Crippen LogP contribution < -0.4 is 19.5 Å². The highest BCUT2D eigenvalue weighted by Crippen LogP contribution is 2.37. The zero-order valence-electron chi connectivity index (χ0n) is 17.7. The van der Waals surface area contributed by atoms with Crippen molar-refractivity contribution in [2.75, 3.05) is 18.6 Å². The molecule has 1 saturated heterocycles. The first kappa shape index (κ1) is 22.1. The molecule has 0 spiro atoms. The number of nitrogens with two attached hydrogens (primary N) is 1. The molecule has 9 heteroatoms. The van der Waals surface area contributed by atoms with Gasteiger partial charge in [-0.3, -0.25) is 4.98 Å². The zero-order chi connectivity index (χ0) is 22.6. The Kier molecular flexibility index (Phi) is 6.59. The molecule has 1 aliphatic heterocycles. The fourth-order valence-corrected chi connectivity index (χ4v) is 4.05. The Morgan fingerprint density at radius 3 is 2.53 bits per heavy atom. The van der Waals surface area contributed by atoms with E-state index in [2.05, 4.69) is 4.98 Å². The molecule has 0 bridgehead atoms. The Balaban J connectivity index is 1.72. The molecule has 0 saturated carbocycles. The fraction of sp³-hybridized carbons (Fsp3) is 0.261. The van der Waals surface area contributed by atoms with Crippen LogP contribution in [0, 0.1) is 0 Å². The summed E-state index contributed by atoms with van der Waals surface area (Å²) in [4.78, 5) is 6.29. The van der Waals surface area contributed by atoms with Crippen LogP contribution >= 0.6 is 0 Å². The Morgan fingerprint density at radius 1 is 1.12 bits per heavy atom. The maximum atomic E-state index is 11.7. The minimum absolute atomic E-state index is 0.0553. The predicted octanol–water partition coefficient (Wildman–Crippen LogP) is 3.59. The molecule has 1 fully saturated rings. The van der Waals surface area contributed by atoms with Gasteiger partial charge in [-0.25, -0.2) is 13.6 Å². The van der Waals surface area contributed by atoms with Crippen molar-refractivity contribution in [1.82, 2.24) is 4.98 Å². The number of hydrogen-bond acceptors (Lipinski definition) is 7. The van der Waals surface area contributed by atoms with E-state index in [0.29, 0.717) is 24.7 Å². The number of sulfonamides is 1. The second-order valence-electron chi connectivity index (χ2n) is 7.38. The van der Waals surface area contributed by atoms with Crippen molar-refractivity contribution in [1.29, 1.82) is 0 Å². The van der Waals surface area contributed by atoms with Gasteiger partial charge in [0.05, 0.1) is 18.6 Å². The van der Waals surface area contributed by atoms with Gasteiger partial charge in [0, 0.05) is 42.8 Å². The number of primary sulfonamides is 1. The molecule has 1 atom stereocenters. The third-order valence-corrected chi connectivity index (χ3v) is 6.07. The van der Waals surface area contributed by atoms with Gasteiger partial charge >= 0.3 is 0 Å². The van der Waals surface area contributed by atoms with Crippen molar-refractivity contribution in [3.63, 3.8) is 0 Å². The number of pyridine rings is 1. The van der Waals surface area contributed by atoms with Gasteiger partial charge in [0.1, 0.15) is 0 Å². The van der Waals surface area contributed by atoms with Crippen LogP contribution in [-0.4, -0.2) is 33.4 Å². The number of ether oxygens (including phenoxy) is 3. The van der Waals surface area contributed by atoms with Crippen LogP contribution in [0.5, 0.6) is 11.5 Å². The SMILES string of the molecule is COc1ccc(N(Cc2cccnc2)c2ccc(S(N)(=O)=O)cc2)cc1OC1CCCO1. The maximum Gasteiger partial charge on any atom is 0.238 e. The summed E-state index contributed by atoms with van der Waals surface area (Å²) in [6, 6.07) is 15.9. The second kappa shape index (κ2) is 9.56. The molecule has 0 radical (unpaired) electrons. The Labute approximate surface area is 187 Å². The number of anilines is 2. The van der Waals surface area contributed by atoms with Gasteiger partial charge in [0.25, 0.3) is 0 Å². The van der Waals surface area contributed by atoms with Crippen molar-refractivity contribution >= 4 is 21.4 Å². The Morgan fingerprint density at radius 2 is 1.91 bits per heavy atom. The lowest BCUT2D eigenvalue weighted by Crippen LogP contribution is -2.18. The van der Waals surface area contributed by atoms with Crippen molar-refractivity contribution in [2.24, 2.45) is 5.14 Å². The van der Waals surface area contributed by atoms with E-state index in [0.717, 1.165) is 29.8 Å². The summed E-state index contributed by atoms with van der Waals surface area (Å²) in [7, 11) is -2.18. The van der Waals surface area contributed by atoms with Crippen LogP contribution in [0.1, 0.15) is 18.4 Å². The normalized spacial score (nSPS) is 16.0. The van der Waals surface area contributed by atoms with E-state index >= 15 is 0 Å². The number of benzene rings is 2. The summed E-state index contributed by atoms with van der Waals surface area (Å²) in [5.41, 5.74) is 2.61. The molecule has 1 aromatic heterocycles. The predicted molar refractivity (Wildman–Crippen MR) is 120 cm³/mol. The van der Waals surface area contributed by atoms with Gasteiger partial charge in [-0.1, -0.05) is 6.07 Å². The number of aromatic nitrogens is 1. The third kappa shape index (κ3) is 5.18. The van der Waals surface area contributed by atoms with Crippen LogP contribution in [0.15, 0.2) is 71.9 Å². The van der Waals surface area contributed by atoms with Gasteiger partial charge in [-0.15, -0.1) is 0 Å². The molecule has 168 valence electrons. The summed E-state index contributed by atoms with van der Waals surface area (Å²) in [6.07, 6.45) is 4.98. The highest BCUT2D eigenvalue weighted by atomic mass is 32.2. The van der Waals surface area contributed by atoms with Gasteiger partial charge in [-0.2, -0.15) is 0 Å². The summed E-state index contributed by atoms with van der Waals surface area (Å²) in [5, 5.41) is 5.26. The third-order valence-electron chi connectivity index (χ3n) is 5.15. The average Bonchev–Trinajstić information content (AvgIpc) is 3.31. The standard InChI is InChI=1S/C23H25N3O5S/c1-29-21-11-8-19(14-22(21)31-23-5-3-13-30-23)26(16-17-4-2-12-25-15-17)18-6-9-20(10-7-18)32(24,27)28/h2,4,6-12,14-15,23H,3,5,13,16H2,1H3,(H2,24,27,28). The first-order valence-electron chi connectivity index (χ1n) is 10.2. The molecule has 2 N–H and O–H groups in total. The van der Waals surface area contributed by atoms with Crippen molar-refractivity contribution in [3.8, 4) is 11.5 Å². The molecule has 8 nitrogen and oxygen atoms in total. The molecule has 3 aromatic rings. The van der Waals surface area contributed by atoms with E-state index in [-0.39, 0.29) is 11.2 Å². The van der Waals surface area contributed by atoms with Crippen LogP contribution in [0.25, 0.3) is 0 Å². The minimum Gasteiger partial charge on any atom is -0.493 e. The second-order valence-corrected chi connectivity index (χ2v) is 8.94. The number of hydrogen-bond donors (Lipinski definition) is 1. The quantitative estimate of drug-likeness (QED) is 0.553. The van der Waals surface area contributed by atoms with Gasteiger partial charge < -0.3 is 19.1 Å².